The summed E-state index contributed by atoms with van der Waals surface area (Å²) in [7, 11) is 3.33. The third-order valence-corrected chi connectivity index (χ3v) is 2.93. The molecular weight excluding hydrogens is 312 g/mol. The molecule has 0 aliphatic heterocycles. The van der Waals surface area contributed by atoms with Gasteiger partial charge in [0, 0.05) is 5.33 Å². The molecule has 0 aliphatic carbocycles. The Balaban J connectivity index is 3.11. The van der Waals surface area contributed by atoms with E-state index in [0.29, 0.717) is 0 Å². The fourth-order valence-corrected chi connectivity index (χ4v) is 2.13. The molecule has 0 amide bonds. The van der Waals surface area contributed by atoms with Gasteiger partial charge >= 0.3 is 0 Å². The molecule has 0 N–H and O–H groups in total. The lowest BCUT2D eigenvalue weighted by molar-refractivity contribution is 0.397. The number of halogens is 2. The fourth-order valence-electron chi connectivity index (χ4n) is 1.22. The molecule has 0 spiro atoms. The first-order chi connectivity index (χ1) is 6.72. The van der Waals surface area contributed by atoms with Gasteiger partial charge in [0.15, 0.2) is 0 Å². The molecule has 1 aromatic carbocycles. The zero-order chi connectivity index (χ0) is 10.6. The SMILES string of the molecule is COc1cc(CCBr)c(OC)cc1Br. The Morgan fingerprint density at radius 3 is 2.29 bits per heavy atom. The van der Waals surface area contributed by atoms with E-state index in [1.807, 2.05) is 12.1 Å². The van der Waals surface area contributed by atoms with Crippen LogP contribution in [0, 0.1) is 0 Å². The van der Waals surface area contributed by atoms with Crippen LogP contribution in [0.2, 0.25) is 0 Å². The van der Waals surface area contributed by atoms with E-state index in [1.54, 1.807) is 14.2 Å². The van der Waals surface area contributed by atoms with Crippen LogP contribution in [0.1, 0.15) is 5.56 Å². The molecule has 0 atom stereocenters. The Hall–Kier alpha value is -0.220. The standard InChI is InChI=1S/C10H12Br2O2/c1-13-9-6-8(12)10(14-2)5-7(9)3-4-11/h5-6H,3-4H2,1-2H3. The van der Waals surface area contributed by atoms with Crippen LogP contribution in [0.4, 0.5) is 0 Å². The minimum Gasteiger partial charge on any atom is -0.496 e. The summed E-state index contributed by atoms with van der Waals surface area (Å²) in [5.74, 6) is 1.72. The Labute approximate surface area is 101 Å². The largest absolute Gasteiger partial charge is 0.496 e. The summed E-state index contributed by atoms with van der Waals surface area (Å²) in [5, 5.41) is 0.911. The van der Waals surface area contributed by atoms with Gasteiger partial charge in [0.25, 0.3) is 0 Å². The van der Waals surface area contributed by atoms with E-state index < -0.39 is 0 Å². The molecule has 14 heavy (non-hydrogen) atoms. The van der Waals surface area contributed by atoms with Crippen molar-refractivity contribution in [3.8, 4) is 11.5 Å². The molecule has 0 aliphatic rings. The van der Waals surface area contributed by atoms with Crippen molar-refractivity contribution in [2.24, 2.45) is 0 Å². The number of methoxy groups -OCH3 is 2. The van der Waals surface area contributed by atoms with E-state index in [-0.39, 0.29) is 0 Å². The average Bonchev–Trinajstić information content (AvgIpc) is 2.20. The van der Waals surface area contributed by atoms with Gasteiger partial charge in [-0.2, -0.15) is 0 Å². The second kappa shape index (κ2) is 5.61. The molecular formula is C10H12Br2O2. The summed E-state index contributed by atoms with van der Waals surface area (Å²) >= 11 is 6.82. The van der Waals surface area contributed by atoms with Crippen molar-refractivity contribution in [2.45, 2.75) is 6.42 Å². The van der Waals surface area contributed by atoms with Crippen molar-refractivity contribution in [1.82, 2.24) is 0 Å². The lowest BCUT2D eigenvalue weighted by Crippen LogP contribution is -1.95. The molecule has 0 aromatic heterocycles. The van der Waals surface area contributed by atoms with Crippen LogP contribution in [0.5, 0.6) is 11.5 Å². The molecule has 4 heteroatoms. The highest BCUT2D eigenvalue weighted by molar-refractivity contribution is 9.10. The van der Waals surface area contributed by atoms with Crippen LogP contribution in [-0.4, -0.2) is 19.5 Å². The van der Waals surface area contributed by atoms with E-state index in [1.165, 1.54) is 0 Å². The molecule has 1 aromatic rings. The topological polar surface area (TPSA) is 18.5 Å². The zero-order valence-electron chi connectivity index (χ0n) is 8.14. The number of hydrogen-bond donors (Lipinski definition) is 0. The van der Waals surface area contributed by atoms with Crippen LogP contribution < -0.4 is 9.47 Å². The molecule has 0 unspecified atom stereocenters. The minimum absolute atomic E-state index is 0.835. The Morgan fingerprint density at radius 2 is 1.79 bits per heavy atom. The second-order valence-corrected chi connectivity index (χ2v) is 4.38. The van der Waals surface area contributed by atoms with Gasteiger partial charge in [0.2, 0.25) is 0 Å². The molecule has 0 heterocycles. The molecule has 0 saturated heterocycles. The van der Waals surface area contributed by atoms with Crippen molar-refractivity contribution >= 4 is 31.9 Å². The summed E-state index contributed by atoms with van der Waals surface area (Å²) in [5.41, 5.74) is 1.14. The van der Waals surface area contributed by atoms with E-state index in [9.17, 15) is 0 Å². The molecule has 0 fully saturated rings. The summed E-state index contributed by atoms with van der Waals surface area (Å²) < 4.78 is 11.4. The lowest BCUT2D eigenvalue weighted by atomic mass is 10.1. The number of hydrogen-bond acceptors (Lipinski definition) is 2. The first-order valence-electron chi connectivity index (χ1n) is 4.19. The molecule has 78 valence electrons. The second-order valence-electron chi connectivity index (χ2n) is 2.74. The van der Waals surface area contributed by atoms with Crippen molar-refractivity contribution in [2.75, 3.05) is 19.5 Å². The monoisotopic (exact) mass is 322 g/mol. The van der Waals surface area contributed by atoms with Gasteiger partial charge < -0.3 is 9.47 Å². The molecule has 1 rings (SSSR count). The van der Waals surface area contributed by atoms with Crippen LogP contribution in [-0.2, 0) is 6.42 Å². The van der Waals surface area contributed by atoms with Gasteiger partial charge in [0.05, 0.1) is 18.7 Å². The Morgan fingerprint density at radius 1 is 1.14 bits per heavy atom. The van der Waals surface area contributed by atoms with Crippen LogP contribution in [0.3, 0.4) is 0 Å². The van der Waals surface area contributed by atoms with Crippen molar-refractivity contribution in [3.63, 3.8) is 0 Å². The number of aryl methyl sites for hydroxylation is 1. The van der Waals surface area contributed by atoms with Gasteiger partial charge in [-0.3, -0.25) is 0 Å². The van der Waals surface area contributed by atoms with E-state index in [0.717, 1.165) is 33.3 Å². The first-order valence-corrected chi connectivity index (χ1v) is 6.10. The summed E-state index contributed by atoms with van der Waals surface area (Å²) in [6.45, 7) is 0. The highest BCUT2D eigenvalue weighted by atomic mass is 79.9. The van der Waals surface area contributed by atoms with Crippen molar-refractivity contribution < 1.29 is 9.47 Å². The third-order valence-electron chi connectivity index (χ3n) is 1.92. The highest BCUT2D eigenvalue weighted by Gasteiger charge is 2.08. The van der Waals surface area contributed by atoms with Gasteiger partial charge in [-0.1, -0.05) is 15.9 Å². The van der Waals surface area contributed by atoms with Gasteiger partial charge in [-0.15, -0.1) is 0 Å². The van der Waals surface area contributed by atoms with E-state index in [4.69, 9.17) is 9.47 Å². The lowest BCUT2D eigenvalue weighted by Gasteiger charge is -2.11. The summed E-state index contributed by atoms with van der Waals surface area (Å²) in [6.07, 6.45) is 0.923. The van der Waals surface area contributed by atoms with Gasteiger partial charge in [-0.25, -0.2) is 0 Å². The highest BCUT2D eigenvalue weighted by Crippen LogP contribution is 2.33. The number of alkyl halides is 1. The Kier molecular flexibility index (Phi) is 4.75. The van der Waals surface area contributed by atoms with E-state index in [2.05, 4.69) is 31.9 Å². The van der Waals surface area contributed by atoms with Crippen LogP contribution >= 0.6 is 31.9 Å². The minimum atomic E-state index is 0.835. The summed E-state index contributed by atoms with van der Waals surface area (Å²) in [4.78, 5) is 0. The van der Waals surface area contributed by atoms with Gasteiger partial charge in [-0.05, 0) is 40.0 Å². The molecule has 0 saturated carbocycles. The average molecular weight is 324 g/mol. The van der Waals surface area contributed by atoms with Gasteiger partial charge in [0.1, 0.15) is 11.5 Å². The Bertz CT molecular complexity index is 313. The number of benzene rings is 1. The zero-order valence-corrected chi connectivity index (χ0v) is 11.3. The van der Waals surface area contributed by atoms with Crippen LogP contribution in [0.25, 0.3) is 0 Å². The van der Waals surface area contributed by atoms with Crippen molar-refractivity contribution in [1.29, 1.82) is 0 Å². The third kappa shape index (κ3) is 2.64. The maximum atomic E-state index is 5.27. The quantitative estimate of drug-likeness (QED) is 0.791. The normalized spacial score (nSPS) is 10.0. The summed E-state index contributed by atoms with van der Waals surface area (Å²) in [6, 6.07) is 3.92. The molecule has 0 radical (unpaired) electrons. The molecule has 0 bridgehead atoms. The maximum absolute atomic E-state index is 5.27. The maximum Gasteiger partial charge on any atom is 0.133 e. The van der Waals surface area contributed by atoms with E-state index >= 15 is 0 Å². The fraction of sp³-hybridized carbons (Fsp3) is 0.400. The number of rotatable bonds is 4. The first kappa shape index (κ1) is 11.9. The smallest absolute Gasteiger partial charge is 0.133 e. The number of ether oxygens (including phenoxy) is 2. The predicted octanol–water partition coefficient (Wildman–Crippen LogP) is 3.40. The van der Waals surface area contributed by atoms with Crippen molar-refractivity contribution in [3.05, 3.63) is 22.2 Å². The molecule has 2 nitrogen and oxygen atoms in total. The predicted molar refractivity (Wildman–Crippen MR) is 64.7 cm³/mol. The van der Waals surface area contributed by atoms with Crippen LogP contribution in [0.15, 0.2) is 16.6 Å².